The molecular weight excluding hydrogens is 423 g/mol. The smallest absolute Gasteiger partial charge is 0.282 e. The van der Waals surface area contributed by atoms with Crippen LogP contribution in [0.15, 0.2) is 70.3 Å². The van der Waals surface area contributed by atoms with Crippen molar-refractivity contribution in [2.45, 2.75) is 24.0 Å². The molecule has 0 radical (unpaired) electrons. The van der Waals surface area contributed by atoms with E-state index in [-0.39, 0.29) is 23.5 Å². The van der Waals surface area contributed by atoms with Crippen molar-refractivity contribution in [1.29, 1.82) is 0 Å². The molecule has 0 saturated heterocycles. The van der Waals surface area contributed by atoms with E-state index in [1.165, 1.54) is 47.7 Å². The van der Waals surface area contributed by atoms with Crippen molar-refractivity contribution in [1.82, 2.24) is 14.1 Å². The Bertz CT molecular complexity index is 1400. The van der Waals surface area contributed by atoms with Gasteiger partial charge in [-0.05, 0) is 30.3 Å². The molecule has 0 saturated carbocycles. The predicted molar refractivity (Wildman–Crippen MR) is 109 cm³/mol. The molecule has 0 aliphatic carbocycles. The molecule has 1 atom stereocenters. The number of hydrogen-bond acceptors (Lipinski definition) is 6. The van der Waals surface area contributed by atoms with Crippen LogP contribution in [0.1, 0.15) is 22.9 Å². The van der Waals surface area contributed by atoms with Crippen molar-refractivity contribution in [2.75, 3.05) is 0 Å². The van der Waals surface area contributed by atoms with Gasteiger partial charge in [0.2, 0.25) is 5.91 Å². The number of nitrogens with zero attached hydrogens (tertiary/aromatic N) is 3. The van der Waals surface area contributed by atoms with Gasteiger partial charge in [-0.25, -0.2) is 4.39 Å². The summed E-state index contributed by atoms with van der Waals surface area (Å²) in [4.78, 5) is 14.3. The minimum atomic E-state index is -3.90. The fourth-order valence-corrected chi connectivity index (χ4v) is 4.88. The predicted octanol–water partition coefficient (Wildman–Crippen LogP) is 2.55. The SMILES string of the molecule is N[C@@H](C(=O)N1Cc2cn(S(=O)(=O)c3ccc4occc4c3)nc2C1)c1ccccc1F. The van der Waals surface area contributed by atoms with Crippen LogP contribution in [0.3, 0.4) is 0 Å². The van der Waals surface area contributed by atoms with Crippen molar-refractivity contribution in [3.8, 4) is 0 Å². The van der Waals surface area contributed by atoms with Gasteiger partial charge in [0.25, 0.3) is 10.0 Å². The highest BCUT2D eigenvalue weighted by Gasteiger charge is 2.32. The van der Waals surface area contributed by atoms with E-state index in [1.807, 2.05) is 0 Å². The molecule has 4 aromatic rings. The molecule has 2 aromatic carbocycles. The number of halogens is 1. The first-order chi connectivity index (χ1) is 14.8. The lowest BCUT2D eigenvalue weighted by Crippen LogP contribution is -2.35. The normalized spacial score (nSPS) is 14.7. The maximum absolute atomic E-state index is 14.0. The topological polar surface area (TPSA) is 111 Å². The number of benzene rings is 2. The summed E-state index contributed by atoms with van der Waals surface area (Å²) in [7, 11) is -3.90. The lowest BCUT2D eigenvalue weighted by molar-refractivity contribution is -0.133. The van der Waals surface area contributed by atoms with E-state index in [0.717, 1.165) is 4.09 Å². The van der Waals surface area contributed by atoms with E-state index in [2.05, 4.69) is 5.10 Å². The number of amides is 1. The van der Waals surface area contributed by atoms with E-state index in [1.54, 1.807) is 18.2 Å². The highest BCUT2D eigenvalue weighted by atomic mass is 32.2. The molecule has 3 heterocycles. The summed E-state index contributed by atoms with van der Waals surface area (Å²) in [6.45, 7) is 0.242. The molecule has 158 valence electrons. The van der Waals surface area contributed by atoms with Crippen LogP contribution in [0, 0.1) is 5.82 Å². The van der Waals surface area contributed by atoms with Crippen molar-refractivity contribution < 1.29 is 22.0 Å². The van der Waals surface area contributed by atoms with Crippen molar-refractivity contribution in [2.24, 2.45) is 5.73 Å². The van der Waals surface area contributed by atoms with E-state index in [0.29, 0.717) is 22.2 Å². The first kappa shape index (κ1) is 19.5. The van der Waals surface area contributed by atoms with Crippen LogP contribution in [-0.2, 0) is 27.9 Å². The highest BCUT2D eigenvalue weighted by Crippen LogP contribution is 2.28. The van der Waals surface area contributed by atoms with Crippen LogP contribution < -0.4 is 5.73 Å². The van der Waals surface area contributed by atoms with Gasteiger partial charge in [-0.2, -0.15) is 17.6 Å². The van der Waals surface area contributed by atoms with E-state index in [9.17, 15) is 17.6 Å². The van der Waals surface area contributed by atoms with Crippen LogP contribution >= 0.6 is 0 Å². The third-order valence-electron chi connectivity index (χ3n) is 5.34. The van der Waals surface area contributed by atoms with Crippen LogP contribution in [0.25, 0.3) is 11.0 Å². The van der Waals surface area contributed by atoms with Gasteiger partial charge in [0.15, 0.2) is 0 Å². The highest BCUT2D eigenvalue weighted by molar-refractivity contribution is 7.89. The molecule has 10 heteroatoms. The Labute approximate surface area is 176 Å². The molecule has 1 aliphatic rings. The number of carbonyl (C=O) groups excluding carboxylic acids is 1. The minimum absolute atomic E-state index is 0.0806. The Morgan fingerprint density at radius 1 is 1.16 bits per heavy atom. The maximum atomic E-state index is 14.0. The number of carbonyl (C=O) groups is 1. The quantitative estimate of drug-likeness (QED) is 0.522. The molecule has 0 unspecified atom stereocenters. The molecule has 31 heavy (non-hydrogen) atoms. The molecule has 2 aromatic heterocycles. The Morgan fingerprint density at radius 2 is 1.97 bits per heavy atom. The Hall–Kier alpha value is -3.50. The van der Waals surface area contributed by atoms with Crippen molar-refractivity contribution in [3.63, 3.8) is 0 Å². The van der Waals surface area contributed by atoms with Gasteiger partial charge in [0, 0.05) is 29.3 Å². The fourth-order valence-electron chi connectivity index (χ4n) is 3.68. The van der Waals surface area contributed by atoms with Gasteiger partial charge in [-0.3, -0.25) is 4.79 Å². The third-order valence-corrected chi connectivity index (χ3v) is 6.87. The van der Waals surface area contributed by atoms with Crippen LogP contribution in [0.2, 0.25) is 0 Å². The van der Waals surface area contributed by atoms with Crippen LogP contribution in [0.5, 0.6) is 0 Å². The number of rotatable bonds is 4. The minimum Gasteiger partial charge on any atom is -0.464 e. The maximum Gasteiger partial charge on any atom is 0.282 e. The number of nitrogens with two attached hydrogens (primary N) is 1. The number of aromatic nitrogens is 2. The summed E-state index contributed by atoms with van der Waals surface area (Å²) in [5.41, 5.74) is 7.73. The second-order valence-corrected chi connectivity index (χ2v) is 9.09. The first-order valence-electron chi connectivity index (χ1n) is 9.43. The van der Waals surface area contributed by atoms with Gasteiger partial charge in [-0.15, -0.1) is 0 Å². The number of hydrogen-bond donors (Lipinski definition) is 1. The van der Waals surface area contributed by atoms with Gasteiger partial charge < -0.3 is 15.1 Å². The lowest BCUT2D eigenvalue weighted by Gasteiger charge is -2.21. The summed E-state index contributed by atoms with van der Waals surface area (Å²) >= 11 is 0. The number of fused-ring (bicyclic) bond motifs is 2. The van der Waals surface area contributed by atoms with Crippen LogP contribution in [0.4, 0.5) is 4.39 Å². The summed E-state index contributed by atoms with van der Waals surface area (Å²) < 4.78 is 46.1. The molecule has 5 rings (SSSR count). The van der Waals surface area contributed by atoms with Gasteiger partial charge >= 0.3 is 0 Å². The largest absolute Gasteiger partial charge is 0.464 e. The fraction of sp³-hybridized carbons (Fsp3) is 0.143. The molecular formula is C21H17FN4O4S. The average Bonchev–Trinajstić information content (AvgIpc) is 3.47. The molecule has 1 amide bonds. The third kappa shape index (κ3) is 3.20. The van der Waals surface area contributed by atoms with Crippen molar-refractivity contribution in [3.05, 3.63) is 83.6 Å². The van der Waals surface area contributed by atoms with E-state index >= 15 is 0 Å². The van der Waals surface area contributed by atoms with E-state index < -0.39 is 27.8 Å². The summed E-state index contributed by atoms with van der Waals surface area (Å²) in [5.74, 6) is -1.01. The Balaban J connectivity index is 1.37. The zero-order chi connectivity index (χ0) is 21.8. The molecule has 0 spiro atoms. The average molecular weight is 440 g/mol. The zero-order valence-electron chi connectivity index (χ0n) is 16.1. The molecule has 0 bridgehead atoms. The molecule has 0 fully saturated rings. The van der Waals surface area contributed by atoms with Crippen LogP contribution in [-0.4, -0.2) is 28.4 Å². The Kier molecular flexibility index (Phi) is 4.42. The second-order valence-electron chi connectivity index (χ2n) is 7.29. The zero-order valence-corrected chi connectivity index (χ0v) is 16.9. The molecule has 8 nitrogen and oxygen atoms in total. The molecule has 2 N–H and O–H groups in total. The van der Waals surface area contributed by atoms with Crippen molar-refractivity contribution >= 4 is 26.9 Å². The standard InChI is InChI=1S/C21H17FN4O4S/c22-17-4-2-1-3-16(17)20(23)21(27)25-10-14-11-26(24-18(14)12-25)31(28,29)15-5-6-19-13(9-15)7-8-30-19/h1-9,11,20H,10,12,23H2/t20-/m1/s1. The summed E-state index contributed by atoms with van der Waals surface area (Å²) in [6.07, 6.45) is 2.88. The Morgan fingerprint density at radius 3 is 2.74 bits per heavy atom. The second kappa shape index (κ2) is 7.03. The number of furan rings is 1. The summed E-state index contributed by atoms with van der Waals surface area (Å²) in [5, 5.41) is 4.85. The summed E-state index contributed by atoms with van der Waals surface area (Å²) in [6, 6.07) is 10.9. The van der Waals surface area contributed by atoms with E-state index in [4.69, 9.17) is 10.2 Å². The van der Waals surface area contributed by atoms with Gasteiger partial charge in [0.05, 0.1) is 23.4 Å². The first-order valence-corrected chi connectivity index (χ1v) is 10.9. The van der Waals surface area contributed by atoms with Gasteiger partial charge in [0.1, 0.15) is 17.4 Å². The monoisotopic (exact) mass is 440 g/mol. The molecule has 1 aliphatic heterocycles. The van der Waals surface area contributed by atoms with Gasteiger partial charge in [-0.1, -0.05) is 18.2 Å². The lowest BCUT2D eigenvalue weighted by atomic mass is 10.1.